The summed E-state index contributed by atoms with van der Waals surface area (Å²) in [6.45, 7) is 1.95. The molecular weight excluding hydrogens is 299 g/mol. The summed E-state index contributed by atoms with van der Waals surface area (Å²) >= 11 is 3.30. The molecule has 5 heteroatoms. The Morgan fingerprint density at radius 2 is 2.38 bits per heavy atom. The molecule has 1 rings (SSSR count). The van der Waals surface area contributed by atoms with Crippen molar-refractivity contribution >= 4 is 39.8 Å². The third-order valence-corrected chi connectivity index (χ3v) is 4.37. The maximum absolute atomic E-state index is 10.9. The number of primary amides is 1. The van der Waals surface area contributed by atoms with Crippen LogP contribution in [0.3, 0.4) is 0 Å². The first-order chi connectivity index (χ1) is 6.11. The van der Waals surface area contributed by atoms with Gasteiger partial charge in [-0.1, -0.05) is 6.92 Å². The lowest BCUT2D eigenvalue weighted by molar-refractivity contribution is 0.100. The molecule has 0 unspecified atom stereocenters. The Labute approximate surface area is 93.7 Å². The summed E-state index contributed by atoms with van der Waals surface area (Å²) in [4.78, 5) is 12.4. The van der Waals surface area contributed by atoms with Crippen LogP contribution in [0.15, 0.2) is 0 Å². The summed E-state index contributed by atoms with van der Waals surface area (Å²) in [6, 6.07) is 2.09. The molecule has 13 heavy (non-hydrogen) atoms. The average Bonchev–Trinajstić information content (AvgIpc) is 2.41. The smallest absolute Gasteiger partial charge is 0.259 e. The van der Waals surface area contributed by atoms with Crippen molar-refractivity contribution in [2.75, 3.05) is 0 Å². The highest BCUT2D eigenvalue weighted by atomic mass is 127. The molecule has 1 heterocycles. The summed E-state index contributed by atoms with van der Waals surface area (Å²) in [5.41, 5.74) is 5.76. The first-order valence-corrected chi connectivity index (χ1v) is 5.52. The van der Waals surface area contributed by atoms with E-state index in [0.29, 0.717) is 14.0 Å². The van der Waals surface area contributed by atoms with Gasteiger partial charge < -0.3 is 5.73 Å². The normalized spacial score (nSPS) is 9.62. The van der Waals surface area contributed by atoms with Gasteiger partial charge in [-0.2, -0.15) is 5.26 Å². The van der Waals surface area contributed by atoms with E-state index in [1.807, 2.05) is 29.5 Å². The van der Waals surface area contributed by atoms with Crippen LogP contribution in [0, 0.1) is 14.9 Å². The highest BCUT2D eigenvalue weighted by molar-refractivity contribution is 14.1. The number of carbonyl (C=O) groups is 1. The van der Waals surface area contributed by atoms with Crippen molar-refractivity contribution in [3.8, 4) is 6.07 Å². The van der Waals surface area contributed by atoms with Gasteiger partial charge in [-0.3, -0.25) is 4.79 Å². The molecule has 3 nitrogen and oxygen atoms in total. The van der Waals surface area contributed by atoms with Gasteiger partial charge in [0.2, 0.25) is 0 Å². The number of carbonyl (C=O) groups excluding carboxylic acids is 1. The van der Waals surface area contributed by atoms with Crippen LogP contribution < -0.4 is 5.73 Å². The van der Waals surface area contributed by atoms with Gasteiger partial charge in [0.25, 0.3) is 5.91 Å². The number of halogens is 1. The largest absolute Gasteiger partial charge is 0.365 e. The number of nitriles is 1. The van der Waals surface area contributed by atoms with Crippen LogP contribution in [0.5, 0.6) is 0 Å². The Kier molecular flexibility index (Phi) is 3.27. The lowest BCUT2D eigenvalue weighted by Crippen LogP contribution is -2.10. The second-order valence-corrected chi connectivity index (χ2v) is 4.56. The van der Waals surface area contributed by atoms with E-state index in [1.165, 1.54) is 11.3 Å². The average molecular weight is 306 g/mol. The van der Waals surface area contributed by atoms with Crippen molar-refractivity contribution in [1.82, 2.24) is 0 Å². The van der Waals surface area contributed by atoms with Gasteiger partial charge >= 0.3 is 0 Å². The number of nitrogens with zero attached hydrogens (tertiary/aromatic N) is 1. The Bertz CT molecular complexity index is 392. The fourth-order valence-corrected chi connectivity index (χ4v) is 3.13. The number of nitrogens with two attached hydrogens (primary N) is 1. The monoisotopic (exact) mass is 306 g/mol. The van der Waals surface area contributed by atoms with E-state index >= 15 is 0 Å². The molecule has 0 spiro atoms. The minimum absolute atomic E-state index is 0.453. The molecular formula is C8H7IN2OS. The van der Waals surface area contributed by atoms with Gasteiger partial charge in [-0.15, -0.1) is 11.3 Å². The molecule has 0 bridgehead atoms. The van der Waals surface area contributed by atoms with Crippen molar-refractivity contribution in [2.45, 2.75) is 13.3 Å². The molecule has 2 N–H and O–H groups in total. The Balaban J connectivity index is 3.37. The topological polar surface area (TPSA) is 66.9 Å². The van der Waals surface area contributed by atoms with Crippen LogP contribution in [-0.2, 0) is 6.42 Å². The van der Waals surface area contributed by atoms with Crippen LogP contribution in [0.25, 0.3) is 0 Å². The first-order valence-electron chi connectivity index (χ1n) is 3.62. The Hall–Kier alpha value is -0.610. The minimum atomic E-state index is -0.453. The van der Waals surface area contributed by atoms with Crippen molar-refractivity contribution in [3.63, 3.8) is 0 Å². The molecule has 1 aromatic rings. The van der Waals surface area contributed by atoms with Gasteiger partial charge in [-0.25, -0.2) is 0 Å². The predicted molar refractivity (Wildman–Crippen MR) is 59.6 cm³/mol. The molecule has 0 saturated carbocycles. The molecule has 0 aliphatic carbocycles. The lowest BCUT2D eigenvalue weighted by atomic mass is 10.2. The van der Waals surface area contributed by atoms with E-state index in [9.17, 15) is 4.79 Å². The van der Waals surface area contributed by atoms with Crippen LogP contribution >= 0.6 is 33.9 Å². The predicted octanol–water partition coefficient (Wildman–Crippen LogP) is 1.89. The van der Waals surface area contributed by atoms with E-state index in [-0.39, 0.29) is 0 Å². The number of aryl methyl sites for hydroxylation is 1. The fraction of sp³-hybridized carbons (Fsp3) is 0.250. The van der Waals surface area contributed by atoms with Crippen molar-refractivity contribution < 1.29 is 4.79 Å². The number of hydrogen-bond donors (Lipinski definition) is 1. The fourth-order valence-electron chi connectivity index (χ4n) is 0.974. The second kappa shape index (κ2) is 4.07. The van der Waals surface area contributed by atoms with Gasteiger partial charge in [-0.05, 0) is 29.0 Å². The van der Waals surface area contributed by atoms with Crippen molar-refractivity contribution in [3.05, 3.63) is 18.9 Å². The molecule has 0 fully saturated rings. The molecule has 0 aliphatic heterocycles. The van der Waals surface area contributed by atoms with Gasteiger partial charge in [0, 0.05) is 4.88 Å². The Morgan fingerprint density at radius 3 is 2.69 bits per heavy atom. The molecule has 1 amide bonds. The van der Waals surface area contributed by atoms with Crippen LogP contribution in [0.2, 0.25) is 0 Å². The van der Waals surface area contributed by atoms with E-state index in [1.54, 1.807) is 0 Å². The number of amides is 1. The molecule has 0 aromatic carbocycles. The summed E-state index contributed by atoms with van der Waals surface area (Å²) in [7, 11) is 0. The quantitative estimate of drug-likeness (QED) is 0.848. The number of hydrogen-bond acceptors (Lipinski definition) is 3. The van der Waals surface area contributed by atoms with E-state index in [0.717, 1.165) is 11.3 Å². The summed E-state index contributed by atoms with van der Waals surface area (Å²) < 4.78 is 0.689. The molecule has 1 aromatic heterocycles. The summed E-state index contributed by atoms with van der Waals surface area (Å²) in [5, 5.41) is 8.83. The third-order valence-electron chi connectivity index (χ3n) is 1.58. The van der Waals surface area contributed by atoms with E-state index in [4.69, 9.17) is 11.0 Å². The van der Waals surface area contributed by atoms with Gasteiger partial charge in [0.05, 0.1) is 9.13 Å². The van der Waals surface area contributed by atoms with Gasteiger partial charge in [0.1, 0.15) is 10.9 Å². The van der Waals surface area contributed by atoms with Crippen LogP contribution in [0.4, 0.5) is 0 Å². The maximum Gasteiger partial charge on any atom is 0.259 e. The molecule has 0 atom stereocenters. The second-order valence-electron chi connectivity index (χ2n) is 2.37. The van der Waals surface area contributed by atoms with Crippen LogP contribution in [-0.4, -0.2) is 5.91 Å². The first kappa shape index (κ1) is 10.5. The third kappa shape index (κ3) is 1.84. The molecule has 0 saturated heterocycles. The van der Waals surface area contributed by atoms with Crippen LogP contribution in [0.1, 0.15) is 27.0 Å². The highest BCUT2D eigenvalue weighted by Gasteiger charge is 2.17. The summed E-state index contributed by atoms with van der Waals surface area (Å²) in [5.74, 6) is -0.453. The van der Waals surface area contributed by atoms with E-state index in [2.05, 4.69) is 6.07 Å². The maximum atomic E-state index is 10.9. The molecule has 0 radical (unpaired) electrons. The SMILES string of the molecule is CCc1sc(C(N)=O)c(I)c1C#N. The zero-order chi connectivity index (χ0) is 10.0. The highest BCUT2D eigenvalue weighted by Crippen LogP contribution is 2.29. The zero-order valence-electron chi connectivity index (χ0n) is 6.93. The zero-order valence-corrected chi connectivity index (χ0v) is 9.90. The Morgan fingerprint density at radius 1 is 1.77 bits per heavy atom. The van der Waals surface area contributed by atoms with Crippen molar-refractivity contribution in [1.29, 1.82) is 5.26 Å². The number of thiophene rings is 1. The van der Waals surface area contributed by atoms with Gasteiger partial charge in [0.15, 0.2) is 0 Å². The minimum Gasteiger partial charge on any atom is -0.365 e. The standard InChI is InChI=1S/C8H7IN2OS/c1-2-5-4(3-10)6(9)7(13-5)8(11)12/h2H2,1H3,(H2,11,12). The molecule has 68 valence electrons. The van der Waals surface area contributed by atoms with Crippen molar-refractivity contribution in [2.24, 2.45) is 5.73 Å². The van der Waals surface area contributed by atoms with E-state index < -0.39 is 5.91 Å². The lowest BCUT2D eigenvalue weighted by Gasteiger charge is -1.88. The number of rotatable bonds is 2. The molecule has 0 aliphatic rings. The summed E-state index contributed by atoms with van der Waals surface area (Å²) in [6.07, 6.45) is 0.761.